The van der Waals surface area contributed by atoms with Gasteiger partial charge in [0, 0.05) is 26.6 Å². The summed E-state index contributed by atoms with van der Waals surface area (Å²) in [5.41, 5.74) is 5.95. The van der Waals surface area contributed by atoms with Crippen LogP contribution < -0.4 is 5.73 Å². The van der Waals surface area contributed by atoms with Crippen molar-refractivity contribution in [3.8, 4) is 0 Å². The topological polar surface area (TPSA) is 107 Å². The van der Waals surface area contributed by atoms with Gasteiger partial charge in [-0.3, -0.25) is 9.36 Å². The van der Waals surface area contributed by atoms with E-state index >= 15 is 0 Å². The van der Waals surface area contributed by atoms with Crippen LogP contribution in [0.4, 0.5) is 5.82 Å². The first-order chi connectivity index (χ1) is 9.72. The van der Waals surface area contributed by atoms with Gasteiger partial charge in [-0.2, -0.15) is 0 Å². The third-order valence-corrected chi connectivity index (χ3v) is 3.54. The van der Waals surface area contributed by atoms with Crippen LogP contribution in [-0.4, -0.2) is 44.9 Å². The third kappa shape index (κ3) is 4.82. The van der Waals surface area contributed by atoms with Crippen LogP contribution in [0, 0.1) is 23.0 Å². The van der Waals surface area contributed by atoms with Crippen molar-refractivity contribution in [1.82, 2.24) is 14.5 Å². The van der Waals surface area contributed by atoms with E-state index in [9.17, 15) is 14.9 Å². The molecule has 0 aliphatic carbocycles. The summed E-state index contributed by atoms with van der Waals surface area (Å²) in [5.74, 6) is 0.445. The number of carbonyl (C=O) groups excluding carboxylic acids is 1. The number of likely N-dealkylation sites (N-methyl/N-ethyl adjacent to an activating group) is 1. The molecule has 0 bridgehead atoms. The molecule has 0 aromatic carbocycles. The first-order valence-corrected chi connectivity index (χ1v) is 6.90. The number of imidazole rings is 1. The molecule has 0 aliphatic heterocycles. The van der Waals surface area contributed by atoms with E-state index in [-0.39, 0.29) is 24.3 Å². The minimum Gasteiger partial charge on any atom is -0.358 e. The first-order valence-electron chi connectivity index (χ1n) is 6.90. The number of aromatic nitrogens is 2. The molecule has 118 valence electrons. The first kappa shape index (κ1) is 17.1. The minimum atomic E-state index is -0.570. The predicted octanol–water partition coefficient (Wildman–Crippen LogP) is 0.932. The molecule has 8 nitrogen and oxygen atoms in total. The summed E-state index contributed by atoms with van der Waals surface area (Å²) in [6, 6.07) is 0.0521. The maximum Gasteiger partial charge on any atom is 0.381 e. The maximum atomic E-state index is 12.1. The van der Waals surface area contributed by atoms with E-state index < -0.39 is 4.92 Å². The zero-order valence-corrected chi connectivity index (χ0v) is 12.9. The molecule has 21 heavy (non-hydrogen) atoms. The van der Waals surface area contributed by atoms with Crippen LogP contribution in [0.25, 0.3) is 0 Å². The fourth-order valence-electron chi connectivity index (χ4n) is 1.81. The van der Waals surface area contributed by atoms with Gasteiger partial charge in [-0.15, -0.1) is 0 Å². The average molecular weight is 297 g/mol. The van der Waals surface area contributed by atoms with E-state index in [1.54, 1.807) is 18.9 Å². The molecule has 2 N–H and O–H groups in total. The van der Waals surface area contributed by atoms with Crippen LogP contribution in [0.15, 0.2) is 6.20 Å². The molecule has 1 amide bonds. The van der Waals surface area contributed by atoms with Crippen molar-refractivity contribution >= 4 is 11.7 Å². The Labute approximate surface area is 124 Å². The second-order valence-electron chi connectivity index (χ2n) is 5.54. The Bertz CT molecular complexity index is 512. The van der Waals surface area contributed by atoms with Crippen molar-refractivity contribution in [3.63, 3.8) is 0 Å². The molecule has 0 radical (unpaired) electrons. The Hall–Kier alpha value is -1.96. The highest BCUT2D eigenvalue weighted by molar-refractivity contribution is 5.75. The average Bonchev–Trinajstić information content (AvgIpc) is 2.77. The van der Waals surface area contributed by atoms with Gasteiger partial charge in [-0.25, -0.2) is 0 Å². The highest BCUT2D eigenvalue weighted by Crippen LogP contribution is 2.11. The van der Waals surface area contributed by atoms with Crippen molar-refractivity contribution in [2.24, 2.45) is 11.7 Å². The van der Waals surface area contributed by atoms with Crippen LogP contribution in [0.5, 0.6) is 0 Å². The number of amides is 1. The van der Waals surface area contributed by atoms with E-state index in [0.717, 1.165) is 6.42 Å². The number of hydrogen-bond acceptors (Lipinski definition) is 5. The Morgan fingerprint density at radius 2 is 2.19 bits per heavy atom. The van der Waals surface area contributed by atoms with Gasteiger partial charge in [0.2, 0.25) is 11.7 Å². The van der Waals surface area contributed by atoms with E-state index in [4.69, 9.17) is 5.73 Å². The van der Waals surface area contributed by atoms with Crippen molar-refractivity contribution in [3.05, 3.63) is 22.1 Å². The van der Waals surface area contributed by atoms with Crippen LogP contribution in [0.3, 0.4) is 0 Å². The molecule has 1 heterocycles. The Morgan fingerprint density at radius 1 is 1.57 bits per heavy atom. The fourth-order valence-corrected chi connectivity index (χ4v) is 1.81. The quantitative estimate of drug-likeness (QED) is 0.595. The normalized spacial score (nSPS) is 12.5. The molecular weight excluding hydrogens is 274 g/mol. The Balaban J connectivity index is 2.58. The summed E-state index contributed by atoms with van der Waals surface area (Å²) in [6.45, 7) is 6.32. The number of aryl methyl sites for hydroxylation is 1. The van der Waals surface area contributed by atoms with Crippen LogP contribution in [-0.2, 0) is 11.3 Å². The largest absolute Gasteiger partial charge is 0.381 e. The Kier molecular flexibility index (Phi) is 5.83. The molecule has 1 rings (SSSR count). The van der Waals surface area contributed by atoms with Gasteiger partial charge in [0.15, 0.2) is 0 Å². The molecule has 0 saturated carbocycles. The highest BCUT2D eigenvalue weighted by atomic mass is 16.6. The van der Waals surface area contributed by atoms with E-state index in [0.29, 0.717) is 18.3 Å². The van der Waals surface area contributed by atoms with Crippen molar-refractivity contribution < 1.29 is 9.72 Å². The molecule has 1 atom stereocenters. The maximum absolute atomic E-state index is 12.1. The lowest BCUT2D eigenvalue weighted by atomic mass is 10.0. The summed E-state index contributed by atoms with van der Waals surface area (Å²) in [5, 5.41) is 10.6. The molecule has 1 aromatic rings. The lowest BCUT2D eigenvalue weighted by Gasteiger charge is -2.21. The lowest BCUT2D eigenvalue weighted by Crippen LogP contribution is -2.36. The van der Waals surface area contributed by atoms with Gasteiger partial charge in [0.1, 0.15) is 12.7 Å². The van der Waals surface area contributed by atoms with Crippen molar-refractivity contribution in [2.75, 3.05) is 13.6 Å². The van der Waals surface area contributed by atoms with Gasteiger partial charge in [0.05, 0.1) is 0 Å². The minimum absolute atomic E-state index is 0.0418. The van der Waals surface area contributed by atoms with E-state index in [1.165, 1.54) is 10.8 Å². The predicted molar refractivity (Wildman–Crippen MR) is 78.7 cm³/mol. The van der Waals surface area contributed by atoms with Crippen LogP contribution in [0.2, 0.25) is 0 Å². The SMILES string of the molecule is Cc1nc([N+](=O)[O-])cn1CC(=O)N(C)CCC(N)C(C)C. The molecule has 0 aliphatic rings. The van der Waals surface area contributed by atoms with Crippen LogP contribution in [0.1, 0.15) is 26.1 Å². The number of nitro groups is 1. The number of rotatable bonds is 7. The van der Waals surface area contributed by atoms with Gasteiger partial charge in [-0.1, -0.05) is 13.8 Å². The smallest absolute Gasteiger partial charge is 0.358 e. The molecule has 8 heteroatoms. The molecule has 0 spiro atoms. The second kappa shape index (κ2) is 7.16. The lowest BCUT2D eigenvalue weighted by molar-refractivity contribution is -0.389. The van der Waals surface area contributed by atoms with Crippen molar-refractivity contribution in [2.45, 2.75) is 39.8 Å². The standard InChI is InChI=1S/C13H23N5O3/c1-9(2)11(14)5-6-16(4)13(19)8-17-7-12(18(20)21)15-10(17)3/h7,9,11H,5-6,8,14H2,1-4H3. The fraction of sp³-hybridized carbons (Fsp3) is 0.692. The van der Waals surface area contributed by atoms with Gasteiger partial charge >= 0.3 is 5.82 Å². The highest BCUT2D eigenvalue weighted by Gasteiger charge is 2.19. The molecular formula is C13H23N5O3. The monoisotopic (exact) mass is 297 g/mol. The van der Waals surface area contributed by atoms with Gasteiger partial charge in [-0.05, 0) is 22.2 Å². The number of nitrogens with zero attached hydrogens (tertiary/aromatic N) is 4. The zero-order valence-electron chi connectivity index (χ0n) is 12.9. The molecule has 1 aromatic heterocycles. The van der Waals surface area contributed by atoms with E-state index in [1.807, 2.05) is 13.8 Å². The summed E-state index contributed by atoms with van der Waals surface area (Å²) in [6.07, 6.45) is 2.00. The Morgan fingerprint density at radius 3 is 2.67 bits per heavy atom. The van der Waals surface area contributed by atoms with Crippen molar-refractivity contribution in [1.29, 1.82) is 0 Å². The van der Waals surface area contributed by atoms with Crippen LogP contribution >= 0.6 is 0 Å². The summed E-state index contributed by atoms with van der Waals surface area (Å²) < 4.78 is 1.49. The number of hydrogen-bond donors (Lipinski definition) is 1. The number of carbonyl (C=O) groups is 1. The van der Waals surface area contributed by atoms with Gasteiger partial charge < -0.3 is 20.7 Å². The summed E-state index contributed by atoms with van der Waals surface area (Å²) in [4.78, 5) is 27.6. The van der Waals surface area contributed by atoms with E-state index in [2.05, 4.69) is 4.98 Å². The van der Waals surface area contributed by atoms with Gasteiger partial charge in [0.25, 0.3) is 0 Å². The number of nitrogens with two attached hydrogens (primary N) is 1. The molecule has 1 unspecified atom stereocenters. The molecule has 0 fully saturated rings. The zero-order chi connectivity index (χ0) is 16.2. The summed E-state index contributed by atoms with van der Waals surface area (Å²) >= 11 is 0. The molecule has 0 saturated heterocycles. The third-order valence-electron chi connectivity index (χ3n) is 3.54. The summed E-state index contributed by atoms with van der Waals surface area (Å²) in [7, 11) is 1.70. The second-order valence-corrected chi connectivity index (χ2v) is 5.54.